The van der Waals surface area contributed by atoms with Crippen LogP contribution in [0.1, 0.15) is 52.4 Å². The lowest BCUT2D eigenvalue weighted by Crippen LogP contribution is -2.46. The van der Waals surface area contributed by atoms with Crippen molar-refractivity contribution in [3.63, 3.8) is 0 Å². The van der Waals surface area contributed by atoms with Gasteiger partial charge in [0.2, 0.25) is 0 Å². The summed E-state index contributed by atoms with van der Waals surface area (Å²) in [4.78, 5) is 25.0. The van der Waals surface area contributed by atoms with Gasteiger partial charge in [0, 0.05) is 19.1 Å². The summed E-state index contributed by atoms with van der Waals surface area (Å²) in [6.07, 6.45) is 6.06. The highest BCUT2D eigenvalue weighted by Crippen LogP contribution is 2.17. The molecule has 110 valence electrons. The lowest BCUT2D eigenvalue weighted by atomic mass is 9.96. The van der Waals surface area contributed by atoms with Crippen molar-refractivity contribution >= 4 is 12.0 Å². The zero-order valence-electron chi connectivity index (χ0n) is 12.1. The lowest BCUT2D eigenvalue weighted by Gasteiger charge is -2.27. The molecule has 0 spiro atoms. The molecule has 1 aliphatic carbocycles. The molecule has 0 atom stereocenters. The van der Waals surface area contributed by atoms with E-state index in [1.54, 1.807) is 11.8 Å². The van der Waals surface area contributed by atoms with Gasteiger partial charge in [0.25, 0.3) is 0 Å². The van der Waals surface area contributed by atoms with Crippen LogP contribution in [0.4, 0.5) is 4.79 Å². The second-order valence-electron chi connectivity index (χ2n) is 4.92. The fourth-order valence-corrected chi connectivity index (χ4v) is 2.38. The van der Waals surface area contributed by atoms with E-state index in [9.17, 15) is 9.59 Å². The number of rotatable bonds is 6. The second kappa shape index (κ2) is 8.77. The van der Waals surface area contributed by atoms with Gasteiger partial charge in [-0.15, -0.1) is 0 Å². The Balaban J connectivity index is 2.31. The molecule has 0 aromatic carbocycles. The molecule has 2 amide bonds. The van der Waals surface area contributed by atoms with Gasteiger partial charge in [-0.1, -0.05) is 19.3 Å². The minimum atomic E-state index is -0.244. The summed E-state index contributed by atoms with van der Waals surface area (Å²) in [6.45, 7) is 5.13. The summed E-state index contributed by atoms with van der Waals surface area (Å²) in [7, 11) is 0. The summed E-state index contributed by atoms with van der Waals surface area (Å²) in [5, 5.41) is 3.06. The Bertz CT molecular complexity index is 288. The summed E-state index contributed by atoms with van der Waals surface area (Å²) in [5.41, 5.74) is 0. The maximum atomic E-state index is 12.1. The van der Waals surface area contributed by atoms with E-state index in [4.69, 9.17) is 4.74 Å². The predicted molar refractivity (Wildman–Crippen MR) is 73.9 cm³/mol. The van der Waals surface area contributed by atoms with E-state index in [0.717, 1.165) is 12.8 Å². The maximum absolute atomic E-state index is 12.1. The molecule has 0 heterocycles. The van der Waals surface area contributed by atoms with Gasteiger partial charge >= 0.3 is 12.0 Å². The van der Waals surface area contributed by atoms with E-state index in [0.29, 0.717) is 25.7 Å². The van der Waals surface area contributed by atoms with E-state index in [1.165, 1.54) is 19.3 Å². The number of esters is 1. The van der Waals surface area contributed by atoms with Crippen molar-refractivity contribution in [2.24, 2.45) is 0 Å². The quantitative estimate of drug-likeness (QED) is 0.753. The third kappa shape index (κ3) is 5.94. The highest BCUT2D eigenvalue weighted by Gasteiger charge is 2.19. The monoisotopic (exact) mass is 270 g/mol. The molecule has 0 aliphatic heterocycles. The van der Waals surface area contributed by atoms with Crippen LogP contribution >= 0.6 is 0 Å². The molecule has 1 saturated carbocycles. The number of urea groups is 1. The number of nitrogens with one attached hydrogen (secondary N) is 1. The van der Waals surface area contributed by atoms with E-state index in [2.05, 4.69) is 5.32 Å². The largest absolute Gasteiger partial charge is 0.466 e. The lowest BCUT2D eigenvalue weighted by molar-refractivity contribution is -0.143. The highest BCUT2D eigenvalue weighted by atomic mass is 16.5. The first kappa shape index (κ1) is 15.8. The number of hydrogen-bond donors (Lipinski definition) is 1. The van der Waals surface area contributed by atoms with Crippen molar-refractivity contribution in [3.05, 3.63) is 0 Å². The Morgan fingerprint density at radius 1 is 1.21 bits per heavy atom. The molecule has 5 heteroatoms. The maximum Gasteiger partial charge on any atom is 0.317 e. The average molecular weight is 270 g/mol. The van der Waals surface area contributed by atoms with Crippen LogP contribution in [0.25, 0.3) is 0 Å². The Morgan fingerprint density at radius 2 is 1.89 bits per heavy atom. The Hall–Kier alpha value is -1.26. The first-order valence-corrected chi connectivity index (χ1v) is 7.38. The van der Waals surface area contributed by atoms with Crippen molar-refractivity contribution in [1.82, 2.24) is 10.2 Å². The van der Waals surface area contributed by atoms with Crippen molar-refractivity contribution in [2.45, 2.75) is 58.4 Å². The number of carbonyl (C=O) groups excluding carboxylic acids is 2. The number of carbonyl (C=O) groups is 2. The van der Waals surface area contributed by atoms with Crippen molar-refractivity contribution in [3.8, 4) is 0 Å². The number of nitrogens with zero attached hydrogens (tertiary/aromatic N) is 1. The fourth-order valence-electron chi connectivity index (χ4n) is 2.38. The third-order valence-electron chi connectivity index (χ3n) is 3.49. The highest BCUT2D eigenvalue weighted by molar-refractivity contribution is 5.76. The van der Waals surface area contributed by atoms with Crippen LogP contribution in [-0.2, 0) is 9.53 Å². The smallest absolute Gasteiger partial charge is 0.317 e. The minimum absolute atomic E-state index is 0.0568. The zero-order chi connectivity index (χ0) is 14.1. The predicted octanol–water partition coefficient (Wildman–Crippen LogP) is 2.30. The van der Waals surface area contributed by atoms with Crippen molar-refractivity contribution in [2.75, 3.05) is 19.7 Å². The van der Waals surface area contributed by atoms with Gasteiger partial charge in [0.05, 0.1) is 13.0 Å². The van der Waals surface area contributed by atoms with Crippen LogP contribution in [0.15, 0.2) is 0 Å². The van der Waals surface area contributed by atoms with Gasteiger partial charge in [-0.25, -0.2) is 4.79 Å². The van der Waals surface area contributed by atoms with Gasteiger partial charge in [-0.05, 0) is 26.7 Å². The Morgan fingerprint density at radius 3 is 2.47 bits per heavy atom. The Kier molecular flexibility index (Phi) is 7.30. The van der Waals surface area contributed by atoms with Crippen molar-refractivity contribution < 1.29 is 14.3 Å². The van der Waals surface area contributed by atoms with Crippen LogP contribution in [0, 0.1) is 0 Å². The molecule has 1 rings (SSSR count). The van der Waals surface area contributed by atoms with E-state index < -0.39 is 0 Å². The van der Waals surface area contributed by atoms with Gasteiger partial charge < -0.3 is 15.0 Å². The van der Waals surface area contributed by atoms with Crippen LogP contribution in [0.2, 0.25) is 0 Å². The molecule has 0 bridgehead atoms. The first-order chi connectivity index (χ1) is 9.17. The Labute approximate surface area is 115 Å². The molecule has 0 unspecified atom stereocenters. The molecular weight excluding hydrogens is 244 g/mol. The normalized spacial score (nSPS) is 15.9. The molecule has 0 aromatic heterocycles. The van der Waals surface area contributed by atoms with Crippen LogP contribution in [0.3, 0.4) is 0 Å². The van der Waals surface area contributed by atoms with E-state index in [-0.39, 0.29) is 18.4 Å². The van der Waals surface area contributed by atoms with Gasteiger partial charge in [-0.2, -0.15) is 0 Å². The summed E-state index contributed by atoms with van der Waals surface area (Å²) in [6, 6.07) is 0.247. The molecule has 1 aliphatic rings. The number of ether oxygens (including phenoxy) is 1. The number of amides is 2. The molecule has 19 heavy (non-hydrogen) atoms. The number of hydrogen-bond acceptors (Lipinski definition) is 3. The van der Waals surface area contributed by atoms with Crippen LogP contribution < -0.4 is 5.32 Å². The second-order valence-corrected chi connectivity index (χ2v) is 4.92. The molecule has 1 N–H and O–H groups in total. The first-order valence-electron chi connectivity index (χ1n) is 7.38. The van der Waals surface area contributed by atoms with Crippen LogP contribution in [0.5, 0.6) is 0 Å². The summed E-state index contributed by atoms with van der Waals surface area (Å²) >= 11 is 0. The van der Waals surface area contributed by atoms with Crippen molar-refractivity contribution in [1.29, 1.82) is 0 Å². The molecule has 0 saturated heterocycles. The molecule has 1 fully saturated rings. The molecular formula is C14H26N2O3. The van der Waals surface area contributed by atoms with Crippen LogP contribution in [-0.4, -0.2) is 42.6 Å². The van der Waals surface area contributed by atoms with E-state index >= 15 is 0 Å². The zero-order valence-corrected chi connectivity index (χ0v) is 12.1. The van der Waals surface area contributed by atoms with Gasteiger partial charge in [-0.3, -0.25) is 4.79 Å². The van der Waals surface area contributed by atoms with E-state index in [1.807, 2.05) is 6.92 Å². The fraction of sp³-hybridized carbons (Fsp3) is 0.857. The molecule has 5 nitrogen and oxygen atoms in total. The SMILES string of the molecule is CCOC(=O)CCN(CC)C(=O)NC1CCCCC1. The average Bonchev–Trinajstić information content (AvgIpc) is 2.41. The molecule has 0 radical (unpaired) electrons. The minimum Gasteiger partial charge on any atom is -0.466 e. The molecule has 0 aromatic rings. The van der Waals surface area contributed by atoms with Gasteiger partial charge in [0.15, 0.2) is 0 Å². The third-order valence-corrected chi connectivity index (χ3v) is 3.49. The standard InChI is InChI=1S/C14H26N2O3/c1-3-16(11-10-13(17)19-4-2)14(18)15-12-8-6-5-7-9-12/h12H,3-11H2,1-2H3,(H,15,18). The summed E-state index contributed by atoms with van der Waals surface area (Å²) in [5.74, 6) is -0.244. The topological polar surface area (TPSA) is 58.6 Å². The van der Waals surface area contributed by atoms with Gasteiger partial charge in [0.1, 0.15) is 0 Å². The summed E-state index contributed by atoms with van der Waals surface area (Å²) < 4.78 is 4.87.